The molecule has 0 aliphatic heterocycles. The number of aromatic nitrogens is 2. The van der Waals surface area contributed by atoms with Gasteiger partial charge in [-0.15, -0.1) is 0 Å². The molecule has 2 atom stereocenters. The van der Waals surface area contributed by atoms with Gasteiger partial charge in [0.2, 0.25) is 0 Å². The molecule has 0 bridgehead atoms. The van der Waals surface area contributed by atoms with Crippen molar-refractivity contribution >= 4 is 31.8 Å². The maximum atomic E-state index is 14.2. The molecule has 0 saturated heterocycles. The molecule has 0 aliphatic rings. The van der Waals surface area contributed by atoms with E-state index in [1.165, 1.54) is 6.07 Å². The first-order valence-corrected chi connectivity index (χ1v) is 14.0. The van der Waals surface area contributed by atoms with Crippen LogP contribution in [0.1, 0.15) is 37.4 Å². The summed E-state index contributed by atoms with van der Waals surface area (Å²) < 4.78 is 55.3. The lowest BCUT2D eigenvalue weighted by Crippen LogP contribution is -2.34. The maximum Gasteiger partial charge on any atom is 0.195 e. The van der Waals surface area contributed by atoms with Gasteiger partial charge in [-0.05, 0) is 62.4 Å². The van der Waals surface area contributed by atoms with Crippen LogP contribution in [0.5, 0.6) is 0 Å². The number of pyridine rings is 1. The molecule has 2 N–H and O–H groups in total. The summed E-state index contributed by atoms with van der Waals surface area (Å²) in [6.45, 7) is 3.62. The normalized spacial score (nSPS) is 14.2. The lowest BCUT2D eigenvalue weighted by molar-refractivity contribution is 0.459. The van der Waals surface area contributed by atoms with E-state index in [1.54, 1.807) is 0 Å². The highest BCUT2D eigenvalue weighted by Gasteiger charge is 2.31. The fraction of sp³-hybridized carbons (Fsp3) is 0.280. The minimum atomic E-state index is -3.85. The molecule has 2 aromatic carbocycles. The molecular weight excluding hydrogens is 489 g/mol. The summed E-state index contributed by atoms with van der Waals surface area (Å²) in [6, 6.07) is 17.8. The Morgan fingerprint density at radius 2 is 1.77 bits per heavy atom. The second kappa shape index (κ2) is 9.60. The summed E-state index contributed by atoms with van der Waals surface area (Å²) >= 11 is 0. The van der Waals surface area contributed by atoms with E-state index in [1.807, 2.05) is 62.4 Å². The fourth-order valence-corrected chi connectivity index (χ4v) is 5.28. The van der Waals surface area contributed by atoms with E-state index in [4.69, 9.17) is 9.66 Å². The largest absolute Gasteiger partial charge is 0.356 e. The second-order valence-electron chi connectivity index (χ2n) is 9.14. The zero-order valence-electron chi connectivity index (χ0n) is 19.6. The quantitative estimate of drug-likeness (QED) is 0.368. The van der Waals surface area contributed by atoms with Crippen molar-refractivity contribution in [2.75, 3.05) is 6.26 Å². The van der Waals surface area contributed by atoms with Crippen LogP contribution >= 0.6 is 0 Å². The molecule has 10 heteroatoms. The number of nitrogens with two attached hydrogens (primary N) is 1. The molecular formula is C25H26FN3O4S2. The number of fused-ring (bicyclic) bond motifs is 1. The third kappa shape index (κ3) is 5.34. The van der Waals surface area contributed by atoms with Crippen molar-refractivity contribution in [1.29, 1.82) is 0 Å². The van der Waals surface area contributed by atoms with Crippen LogP contribution in [0.2, 0.25) is 0 Å². The lowest BCUT2D eigenvalue weighted by Gasteiger charge is -2.29. The van der Waals surface area contributed by atoms with E-state index >= 15 is 0 Å². The van der Waals surface area contributed by atoms with Crippen LogP contribution in [0.25, 0.3) is 22.2 Å². The molecule has 0 amide bonds. The van der Waals surface area contributed by atoms with Gasteiger partial charge in [0.15, 0.2) is 26.3 Å². The molecule has 2 heterocycles. The second-order valence-corrected chi connectivity index (χ2v) is 12.8. The van der Waals surface area contributed by atoms with Crippen LogP contribution in [-0.4, -0.2) is 33.8 Å². The molecule has 4 aromatic rings. The van der Waals surface area contributed by atoms with E-state index in [9.17, 15) is 17.0 Å². The molecule has 0 fully saturated rings. The molecule has 184 valence electrons. The zero-order valence-corrected chi connectivity index (χ0v) is 21.2. The van der Waals surface area contributed by atoms with Crippen molar-refractivity contribution < 1.29 is 21.5 Å². The van der Waals surface area contributed by atoms with E-state index in [0.717, 1.165) is 28.8 Å². The van der Waals surface area contributed by atoms with Crippen molar-refractivity contribution in [3.63, 3.8) is 0 Å². The van der Waals surface area contributed by atoms with Gasteiger partial charge in [-0.3, -0.25) is 5.14 Å². The predicted molar refractivity (Wildman–Crippen MR) is 134 cm³/mol. The molecule has 0 saturated carbocycles. The molecule has 7 nitrogen and oxygen atoms in total. The predicted octanol–water partition coefficient (Wildman–Crippen LogP) is 4.55. The Balaban J connectivity index is 1.85. The fourth-order valence-electron chi connectivity index (χ4n) is 4.20. The summed E-state index contributed by atoms with van der Waals surface area (Å²) in [7, 11) is -5.48. The third-order valence-corrected chi connectivity index (χ3v) is 8.24. The first-order valence-electron chi connectivity index (χ1n) is 10.9. The zero-order chi connectivity index (χ0) is 25.4. The van der Waals surface area contributed by atoms with E-state index < -0.39 is 36.4 Å². The molecule has 1 unspecified atom stereocenters. The van der Waals surface area contributed by atoms with Crippen molar-refractivity contribution in [2.24, 2.45) is 5.14 Å². The van der Waals surface area contributed by atoms with Crippen LogP contribution in [0.15, 0.2) is 70.2 Å². The van der Waals surface area contributed by atoms with Crippen LogP contribution in [-0.2, 0) is 27.2 Å². The first kappa shape index (κ1) is 25.2. The monoisotopic (exact) mass is 515 g/mol. The van der Waals surface area contributed by atoms with Crippen LogP contribution in [0, 0.1) is 5.82 Å². The van der Waals surface area contributed by atoms with Crippen molar-refractivity contribution in [2.45, 2.75) is 42.4 Å². The highest BCUT2D eigenvalue weighted by Crippen LogP contribution is 2.39. The molecule has 0 aliphatic carbocycles. The number of hydrogen-bond donors (Lipinski definition) is 1. The van der Waals surface area contributed by atoms with Gasteiger partial charge < -0.3 is 4.52 Å². The number of nitrogens with zero attached hydrogens (tertiary/aromatic N) is 2. The Kier molecular flexibility index (Phi) is 6.90. The maximum absolute atomic E-state index is 14.2. The Hall–Kier alpha value is -2.95. The highest BCUT2D eigenvalue weighted by molar-refractivity contribution is 7.90. The number of rotatable bonds is 8. The lowest BCUT2D eigenvalue weighted by atomic mass is 9.83. The third-order valence-electron chi connectivity index (χ3n) is 5.99. The Bertz CT molecular complexity index is 1520. The number of para-hydroxylation sites is 1. The molecule has 2 aromatic heterocycles. The van der Waals surface area contributed by atoms with Gasteiger partial charge >= 0.3 is 0 Å². The van der Waals surface area contributed by atoms with Crippen LogP contribution < -0.4 is 5.14 Å². The van der Waals surface area contributed by atoms with Crippen molar-refractivity contribution in [1.82, 2.24) is 10.1 Å². The molecule has 35 heavy (non-hydrogen) atoms. The summed E-state index contributed by atoms with van der Waals surface area (Å²) in [5.74, 6) is -1.18. The summed E-state index contributed by atoms with van der Waals surface area (Å²) in [5.41, 5.74) is 3.42. The van der Waals surface area contributed by atoms with E-state index in [-0.39, 0.29) is 12.3 Å². The number of hydrogen-bond acceptors (Lipinski definition) is 6. The Morgan fingerprint density at radius 1 is 1.09 bits per heavy atom. The van der Waals surface area contributed by atoms with Crippen LogP contribution in [0.3, 0.4) is 0 Å². The van der Waals surface area contributed by atoms with Gasteiger partial charge in [0.1, 0.15) is 5.69 Å². The number of benzene rings is 2. The minimum Gasteiger partial charge on any atom is -0.356 e. The van der Waals surface area contributed by atoms with E-state index in [0.29, 0.717) is 23.4 Å². The average Bonchev–Trinajstić information content (AvgIpc) is 3.23. The van der Waals surface area contributed by atoms with Gasteiger partial charge in [-0.2, -0.15) is 0 Å². The summed E-state index contributed by atoms with van der Waals surface area (Å²) in [5, 5.41) is 10.4. The van der Waals surface area contributed by atoms with Gasteiger partial charge in [0.05, 0.1) is 15.7 Å². The van der Waals surface area contributed by atoms with Crippen LogP contribution in [0.4, 0.5) is 4.39 Å². The number of sulfone groups is 1. The highest BCUT2D eigenvalue weighted by atomic mass is 32.2. The molecule has 4 rings (SSSR count). The Labute approximate surface area is 206 Å². The standard InChI is InChI=1S/C25H26FN3O4S2/c1-25(2,34(27)30)15-16(14-17-12-13-21(26)24(28-17)35(3,31)32)18-8-4-5-9-19(18)23-20-10-6-7-11-22(20)33-29-23/h4-13,16H,14-15,27H2,1-3H3/t16-,34?/m0/s1. The Morgan fingerprint density at radius 3 is 2.49 bits per heavy atom. The summed E-state index contributed by atoms with van der Waals surface area (Å²) in [6.07, 6.45) is 1.59. The van der Waals surface area contributed by atoms with Gasteiger partial charge in [-0.1, -0.05) is 41.6 Å². The van der Waals surface area contributed by atoms with Gasteiger partial charge in [-0.25, -0.2) is 22.0 Å². The van der Waals surface area contributed by atoms with Crippen molar-refractivity contribution in [3.05, 3.63) is 77.7 Å². The summed E-state index contributed by atoms with van der Waals surface area (Å²) in [4.78, 5) is 4.12. The number of halogens is 1. The van der Waals surface area contributed by atoms with Crippen molar-refractivity contribution in [3.8, 4) is 11.3 Å². The smallest absolute Gasteiger partial charge is 0.195 e. The molecule has 0 radical (unpaired) electrons. The van der Waals surface area contributed by atoms with Gasteiger partial charge in [0, 0.05) is 22.9 Å². The van der Waals surface area contributed by atoms with E-state index in [2.05, 4.69) is 10.1 Å². The molecule has 0 spiro atoms. The first-order chi connectivity index (χ1) is 16.5. The average molecular weight is 516 g/mol. The van der Waals surface area contributed by atoms with Gasteiger partial charge in [0.25, 0.3) is 0 Å². The topological polar surface area (TPSA) is 116 Å². The minimum absolute atomic E-state index is 0.274. The SMILES string of the molecule is CC(C)(C[C@H](Cc1ccc(F)c(S(C)(=O)=O)n1)c1ccccc1-c1noc2ccccc12)S(N)=O.